The molecule has 1 saturated heterocycles. The number of aliphatic hydroxyl groups is 1. The summed E-state index contributed by atoms with van der Waals surface area (Å²) in [7, 11) is 0. The van der Waals surface area contributed by atoms with Gasteiger partial charge in [0.2, 0.25) is 0 Å². The highest BCUT2D eigenvalue weighted by atomic mass is 16.3. The number of fused-ring (bicyclic) bond motifs is 2. The van der Waals surface area contributed by atoms with Gasteiger partial charge in [0.05, 0.1) is 5.60 Å². The third-order valence-corrected chi connectivity index (χ3v) is 5.46. The normalized spacial score (nSPS) is 27.1. The minimum absolute atomic E-state index is 0.109. The van der Waals surface area contributed by atoms with Crippen molar-refractivity contribution in [1.82, 2.24) is 9.88 Å². The van der Waals surface area contributed by atoms with Crippen LogP contribution in [0, 0.1) is 12.8 Å². The Labute approximate surface area is 140 Å². The predicted octanol–water partition coefficient (Wildman–Crippen LogP) is 3.30. The molecule has 1 aromatic carbocycles. The number of anilines is 1. The van der Waals surface area contributed by atoms with Gasteiger partial charge in [-0.3, -0.25) is 0 Å². The number of benzene rings is 1. The van der Waals surface area contributed by atoms with Crippen LogP contribution < -0.4 is 5.32 Å². The molecule has 2 unspecified atom stereocenters. The SMILES string of the molecule is Cc1nc2cc(NC(=O)N3CCC4(O)CCCCC4C3)ccc2o1. The van der Waals surface area contributed by atoms with Crippen molar-refractivity contribution in [3.63, 3.8) is 0 Å². The van der Waals surface area contributed by atoms with Gasteiger partial charge in [0.1, 0.15) is 5.52 Å². The molecular weight excluding hydrogens is 306 g/mol. The number of hydrogen-bond acceptors (Lipinski definition) is 4. The van der Waals surface area contributed by atoms with Gasteiger partial charge in [-0.05, 0) is 37.5 Å². The number of aryl methyl sites for hydroxylation is 1. The number of likely N-dealkylation sites (tertiary alicyclic amines) is 1. The van der Waals surface area contributed by atoms with Crippen molar-refractivity contribution in [1.29, 1.82) is 0 Å². The molecule has 1 aliphatic heterocycles. The van der Waals surface area contributed by atoms with Gasteiger partial charge < -0.3 is 19.7 Å². The average molecular weight is 329 g/mol. The maximum absolute atomic E-state index is 12.6. The lowest BCUT2D eigenvalue weighted by Crippen LogP contribution is -2.55. The Morgan fingerprint density at radius 2 is 2.29 bits per heavy atom. The van der Waals surface area contributed by atoms with Gasteiger partial charge in [0.25, 0.3) is 0 Å². The molecule has 4 rings (SSSR count). The fourth-order valence-electron chi connectivity index (χ4n) is 4.08. The predicted molar refractivity (Wildman–Crippen MR) is 90.9 cm³/mol. The topological polar surface area (TPSA) is 78.6 Å². The zero-order valence-electron chi connectivity index (χ0n) is 13.9. The molecule has 2 heterocycles. The molecule has 2 N–H and O–H groups in total. The van der Waals surface area contributed by atoms with Crippen LogP contribution in [0.25, 0.3) is 11.1 Å². The van der Waals surface area contributed by atoms with Gasteiger partial charge in [-0.2, -0.15) is 0 Å². The highest BCUT2D eigenvalue weighted by Crippen LogP contribution is 2.39. The van der Waals surface area contributed by atoms with Gasteiger partial charge in [-0.1, -0.05) is 12.8 Å². The molecule has 0 radical (unpaired) electrons. The molecule has 0 bridgehead atoms. The second kappa shape index (κ2) is 5.77. The average Bonchev–Trinajstić information content (AvgIpc) is 2.93. The van der Waals surface area contributed by atoms with Crippen molar-refractivity contribution in [3.05, 3.63) is 24.1 Å². The molecule has 1 aliphatic carbocycles. The Kier molecular flexibility index (Phi) is 3.72. The first-order chi connectivity index (χ1) is 11.5. The van der Waals surface area contributed by atoms with Crippen molar-refractivity contribution in [2.75, 3.05) is 18.4 Å². The number of hydrogen-bond donors (Lipinski definition) is 2. The highest BCUT2D eigenvalue weighted by molar-refractivity contribution is 5.91. The number of nitrogens with zero attached hydrogens (tertiary/aromatic N) is 2. The standard InChI is InChI=1S/C18H23N3O3/c1-12-19-15-10-14(5-6-16(15)24-12)20-17(22)21-9-8-18(23)7-3-2-4-13(18)11-21/h5-6,10,13,23H,2-4,7-9,11H2,1H3,(H,20,22). The molecule has 2 amide bonds. The van der Waals surface area contributed by atoms with Crippen molar-refractivity contribution in [2.24, 2.45) is 5.92 Å². The molecule has 6 heteroatoms. The van der Waals surface area contributed by atoms with Crippen LogP contribution in [0.2, 0.25) is 0 Å². The summed E-state index contributed by atoms with van der Waals surface area (Å²) in [6, 6.07) is 5.36. The fraction of sp³-hybridized carbons (Fsp3) is 0.556. The number of aromatic nitrogens is 1. The van der Waals surface area contributed by atoms with Crippen LogP contribution >= 0.6 is 0 Å². The summed E-state index contributed by atoms with van der Waals surface area (Å²) >= 11 is 0. The van der Waals surface area contributed by atoms with E-state index in [1.165, 1.54) is 0 Å². The van der Waals surface area contributed by atoms with Crippen molar-refractivity contribution < 1.29 is 14.3 Å². The molecule has 6 nitrogen and oxygen atoms in total. The van der Waals surface area contributed by atoms with E-state index in [0.717, 1.165) is 36.8 Å². The summed E-state index contributed by atoms with van der Waals surface area (Å²) in [5, 5.41) is 13.7. The van der Waals surface area contributed by atoms with E-state index < -0.39 is 5.60 Å². The van der Waals surface area contributed by atoms with Gasteiger partial charge >= 0.3 is 6.03 Å². The van der Waals surface area contributed by atoms with Gasteiger partial charge in [-0.15, -0.1) is 0 Å². The summed E-state index contributed by atoms with van der Waals surface area (Å²) in [6.45, 7) is 3.04. The van der Waals surface area contributed by atoms with Crippen LogP contribution in [-0.2, 0) is 0 Å². The second-order valence-corrected chi connectivity index (χ2v) is 7.09. The Morgan fingerprint density at radius 3 is 3.17 bits per heavy atom. The third-order valence-electron chi connectivity index (χ3n) is 5.46. The molecule has 24 heavy (non-hydrogen) atoms. The minimum Gasteiger partial charge on any atom is -0.441 e. The maximum Gasteiger partial charge on any atom is 0.321 e. The number of piperidine rings is 1. The van der Waals surface area contributed by atoms with Gasteiger partial charge in [-0.25, -0.2) is 9.78 Å². The van der Waals surface area contributed by atoms with Crippen LogP contribution in [0.1, 0.15) is 38.0 Å². The van der Waals surface area contributed by atoms with E-state index in [1.54, 1.807) is 6.92 Å². The molecule has 2 fully saturated rings. The Bertz CT molecular complexity index is 772. The second-order valence-electron chi connectivity index (χ2n) is 7.09. The Hall–Kier alpha value is -2.08. The van der Waals surface area contributed by atoms with Crippen molar-refractivity contribution in [3.8, 4) is 0 Å². The van der Waals surface area contributed by atoms with E-state index >= 15 is 0 Å². The minimum atomic E-state index is -0.563. The first kappa shape index (κ1) is 15.4. The van der Waals surface area contributed by atoms with E-state index in [4.69, 9.17) is 4.42 Å². The third kappa shape index (κ3) is 2.75. The first-order valence-electron chi connectivity index (χ1n) is 8.69. The summed E-state index contributed by atoms with van der Waals surface area (Å²) in [5.74, 6) is 0.813. The van der Waals surface area contributed by atoms with Crippen LogP contribution in [0.15, 0.2) is 22.6 Å². The monoisotopic (exact) mass is 329 g/mol. The lowest BCUT2D eigenvalue weighted by Gasteiger charge is -2.47. The number of urea groups is 1. The lowest BCUT2D eigenvalue weighted by molar-refractivity contribution is -0.0863. The van der Waals surface area contributed by atoms with Crippen LogP contribution in [-0.4, -0.2) is 39.7 Å². The number of nitrogens with one attached hydrogen (secondary N) is 1. The van der Waals surface area contributed by atoms with Gasteiger partial charge in [0, 0.05) is 31.6 Å². The molecule has 2 aromatic rings. The Balaban J connectivity index is 1.45. The van der Waals surface area contributed by atoms with Crippen molar-refractivity contribution >= 4 is 22.8 Å². The summed E-state index contributed by atoms with van der Waals surface area (Å²) in [6.07, 6.45) is 4.79. The van der Waals surface area contributed by atoms with Crippen LogP contribution in [0.5, 0.6) is 0 Å². The largest absolute Gasteiger partial charge is 0.441 e. The van der Waals surface area contributed by atoms with E-state index in [1.807, 2.05) is 23.1 Å². The van der Waals surface area contributed by atoms with E-state index in [2.05, 4.69) is 10.3 Å². The first-order valence-corrected chi connectivity index (χ1v) is 8.69. The number of oxazole rings is 1. The smallest absolute Gasteiger partial charge is 0.321 e. The molecule has 0 spiro atoms. The molecule has 1 saturated carbocycles. The Morgan fingerprint density at radius 1 is 1.42 bits per heavy atom. The number of rotatable bonds is 1. The van der Waals surface area contributed by atoms with E-state index in [9.17, 15) is 9.90 Å². The van der Waals surface area contributed by atoms with Crippen LogP contribution in [0.3, 0.4) is 0 Å². The lowest BCUT2D eigenvalue weighted by atomic mass is 9.71. The summed E-state index contributed by atoms with van der Waals surface area (Å²) < 4.78 is 5.45. The molecule has 128 valence electrons. The van der Waals surface area contributed by atoms with Crippen LogP contribution in [0.4, 0.5) is 10.5 Å². The van der Waals surface area contributed by atoms with E-state index in [-0.39, 0.29) is 11.9 Å². The maximum atomic E-state index is 12.6. The zero-order chi connectivity index (χ0) is 16.7. The number of amides is 2. The molecule has 2 atom stereocenters. The molecular formula is C18H23N3O3. The zero-order valence-corrected chi connectivity index (χ0v) is 13.9. The molecule has 1 aromatic heterocycles. The number of carbonyl (C=O) groups is 1. The fourth-order valence-corrected chi connectivity index (χ4v) is 4.08. The van der Waals surface area contributed by atoms with Gasteiger partial charge in [0.15, 0.2) is 11.5 Å². The quantitative estimate of drug-likeness (QED) is 0.841. The van der Waals surface area contributed by atoms with E-state index in [0.29, 0.717) is 31.1 Å². The summed E-state index contributed by atoms with van der Waals surface area (Å²) in [4.78, 5) is 18.7. The summed E-state index contributed by atoms with van der Waals surface area (Å²) in [5.41, 5.74) is 1.61. The number of carbonyl (C=O) groups excluding carboxylic acids is 1. The highest BCUT2D eigenvalue weighted by Gasteiger charge is 2.43. The van der Waals surface area contributed by atoms with Crippen molar-refractivity contribution in [2.45, 2.75) is 44.6 Å². The molecule has 2 aliphatic rings.